The van der Waals surface area contributed by atoms with Crippen molar-refractivity contribution in [3.8, 4) is 0 Å². The van der Waals surface area contributed by atoms with Crippen LogP contribution >= 0.6 is 23.1 Å². The maximum Gasteiger partial charge on any atom is 0.251 e. The molecule has 2 heterocycles. The van der Waals surface area contributed by atoms with Crippen LogP contribution in [0.2, 0.25) is 0 Å². The number of aromatic amines is 1. The highest BCUT2D eigenvalue weighted by molar-refractivity contribution is 7.99. The smallest absolute Gasteiger partial charge is 0.251 e. The summed E-state index contributed by atoms with van der Waals surface area (Å²) in [5, 5.41) is 5.31. The van der Waals surface area contributed by atoms with Crippen molar-refractivity contribution in [2.24, 2.45) is 0 Å². The molecule has 0 aromatic carbocycles. The molecular weight excluding hydrogens is 306 g/mol. The number of thioether (sulfide) groups is 1. The molecule has 2 rings (SSSR count). The number of amides is 1. The zero-order valence-electron chi connectivity index (χ0n) is 11.7. The fourth-order valence-electron chi connectivity index (χ4n) is 1.72. The Morgan fingerprint density at radius 3 is 3.10 bits per heavy atom. The van der Waals surface area contributed by atoms with Gasteiger partial charge in [-0.1, -0.05) is 31.2 Å². The lowest BCUT2D eigenvalue weighted by molar-refractivity contribution is -0.118. The maximum absolute atomic E-state index is 11.8. The second-order valence-electron chi connectivity index (χ2n) is 4.44. The quantitative estimate of drug-likeness (QED) is 0.605. The van der Waals surface area contributed by atoms with E-state index in [9.17, 15) is 9.59 Å². The first kappa shape index (κ1) is 15.8. The van der Waals surface area contributed by atoms with Crippen LogP contribution in [0.15, 0.2) is 33.5 Å². The van der Waals surface area contributed by atoms with Gasteiger partial charge in [0.1, 0.15) is 0 Å². The van der Waals surface area contributed by atoms with Gasteiger partial charge in [0.15, 0.2) is 5.16 Å². The summed E-state index contributed by atoms with van der Waals surface area (Å²) >= 11 is 2.85. The molecule has 112 valence electrons. The van der Waals surface area contributed by atoms with Crippen molar-refractivity contribution in [3.63, 3.8) is 0 Å². The largest absolute Gasteiger partial charge is 0.350 e. The number of rotatable bonds is 7. The molecule has 2 aromatic rings. The number of hydrogen-bond acceptors (Lipinski definition) is 5. The summed E-state index contributed by atoms with van der Waals surface area (Å²) in [4.78, 5) is 31.4. The van der Waals surface area contributed by atoms with Crippen molar-refractivity contribution in [1.82, 2.24) is 15.3 Å². The van der Waals surface area contributed by atoms with E-state index in [-0.39, 0.29) is 17.2 Å². The van der Waals surface area contributed by atoms with Crippen molar-refractivity contribution in [3.05, 3.63) is 44.5 Å². The number of thiophene rings is 1. The van der Waals surface area contributed by atoms with Gasteiger partial charge < -0.3 is 10.3 Å². The lowest BCUT2D eigenvalue weighted by atomic mass is 10.2. The first-order valence-electron chi connectivity index (χ1n) is 6.69. The monoisotopic (exact) mass is 323 g/mol. The van der Waals surface area contributed by atoms with Crippen molar-refractivity contribution in [2.75, 3.05) is 5.75 Å². The van der Waals surface area contributed by atoms with Gasteiger partial charge in [-0.3, -0.25) is 9.59 Å². The Bertz CT molecular complexity index is 638. The minimum atomic E-state index is -0.171. The van der Waals surface area contributed by atoms with Crippen LogP contribution in [-0.2, 0) is 17.8 Å². The third kappa shape index (κ3) is 5.35. The van der Waals surface area contributed by atoms with Gasteiger partial charge >= 0.3 is 0 Å². The summed E-state index contributed by atoms with van der Waals surface area (Å²) in [5.74, 6) is 0.168. The molecule has 0 unspecified atom stereocenters. The molecule has 0 bridgehead atoms. The number of carbonyl (C=O) groups excluding carboxylic acids is 1. The number of aromatic nitrogens is 2. The predicted molar refractivity (Wildman–Crippen MR) is 85.7 cm³/mol. The fourth-order valence-corrected chi connectivity index (χ4v) is 3.09. The summed E-state index contributed by atoms with van der Waals surface area (Å²) in [7, 11) is 0. The number of aryl methyl sites for hydroxylation is 1. The molecule has 0 aliphatic rings. The molecule has 0 saturated heterocycles. The van der Waals surface area contributed by atoms with Crippen LogP contribution in [0.5, 0.6) is 0 Å². The van der Waals surface area contributed by atoms with Gasteiger partial charge in [-0.15, -0.1) is 11.3 Å². The number of carbonyl (C=O) groups is 1. The topological polar surface area (TPSA) is 74.8 Å². The van der Waals surface area contributed by atoms with E-state index < -0.39 is 0 Å². The van der Waals surface area contributed by atoms with E-state index in [4.69, 9.17) is 0 Å². The Labute approximate surface area is 131 Å². The molecule has 0 aliphatic carbocycles. The highest BCUT2D eigenvalue weighted by atomic mass is 32.2. The van der Waals surface area contributed by atoms with Crippen LogP contribution in [0.3, 0.4) is 0 Å². The first-order chi connectivity index (χ1) is 10.2. The molecule has 2 N–H and O–H groups in total. The highest BCUT2D eigenvalue weighted by Gasteiger charge is 2.06. The molecule has 7 heteroatoms. The van der Waals surface area contributed by atoms with E-state index in [0.717, 1.165) is 23.4 Å². The van der Waals surface area contributed by atoms with Crippen LogP contribution in [0.25, 0.3) is 0 Å². The van der Waals surface area contributed by atoms with Crippen molar-refractivity contribution < 1.29 is 4.79 Å². The number of nitrogens with zero attached hydrogens (tertiary/aromatic N) is 1. The molecule has 0 aliphatic heterocycles. The lowest BCUT2D eigenvalue weighted by Crippen LogP contribution is -2.24. The van der Waals surface area contributed by atoms with Crippen molar-refractivity contribution in [2.45, 2.75) is 31.5 Å². The fraction of sp³-hybridized carbons (Fsp3) is 0.357. The molecule has 21 heavy (non-hydrogen) atoms. The molecule has 0 saturated carbocycles. The summed E-state index contributed by atoms with van der Waals surface area (Å²) in [6.07, 6.45) is 1.70. The van der Waals surface area contributed by atoms with Crippen LogP contribution in [0.4, 0.5) is 0 Å². The maximum atomic E-state index is 11.8. The summed E-state index contributed by atoms with van der Waals surface area (Å²) in [6.45, 7) is 2.57. The van der Waals surface area contributed by atoms with E-state index in [1.54, 1.807) is 11.3 Å². The van der Waals surface area contributed by atoms with E-state index in [2.05, 4.69) is 15.3 Å². The Balaban J connectivity index is 1.84. The molecule has 0 spiro atoms. The van der Waals surface area contributed by atoms with Gasteiger partial charge in [0.2, 0.25) is 5.91 Å². The van der Waals surface area contributed by atoms with Crippen LogP contribution in [0, 0.1) is 0 Å². The van der Waals surface area contributed by atoms with E-state index >= 15 is 0 Å². The number of nitrogens with one attached hydrogen (secondary N) is 2. The van der Waals surface area contributed by atoms with Crippen LogP contribution in [-0.4, -0.2) is 21.6 Å². The second-order valence-corrected chi connectivity index (χ2v) is 6.43. The Morgan fingerprint density at radius 2 is 2.38 bits per heavy atom. The minimum absolute atomic E-state index is 0.0723. The van der Waals surface area contributed by atoms with Gasteiger partial charge in [-0.2, -0.15) is 0 Å². The zero-order valence-corrected chi connectivity index (χ0v) is 13.4. The average Bonchev–Trinajstić information content (AvgIpc) is 2.96. The van der Waals surface area contributed by atoms with Gasteiger partial charge in [0.25, 0.3) is 5.56 Å². The lowest BCUT2D eigenvalue weighted by Gasteiger charge is -2.04. The van der Waals surface area contributed by atoms with Gasteiger partial charge in [-0.25, -0.2) is 4.98 Å². The van der Waals surface area contributed by atoms with Gasteiger partial charge in [-0.05, 0) is 17.9 Å². The van der Waals surface area contributed by atoms with Crippen molar-refractivity contribution in [1.29, 1.82) is 0 Å². The standard InChI is InChI=1S/C14H17N3O2S2/c1-2-4-10-7-12(18)17-14(16-10)21-9-13(19)15-8-11-5-3-6-20-11/h3,5-7H,2,4,8-9H2,1H3,(H,15,19)(H,16,17,18). The molecule has 1 amide bonds. The third-order valence-electron chi connectivity index (χ3n) is 2.66. The normalized spacial score (nSPS) is 10.5. The molecule has 0 radical (unpaired) electrons. The summed E-state index contributed by atoms with van der Waals surface area (Å²) in [5.41, 5.74) is 0.595. The average molecular weight is 323 g/mol. The Kier molecular flexibility index (Phi) is 6.01. The highest BCUT2D eigenvalue weighted by Crippen LogP contribution is 2.12. The Morgan fingerprint density at radius 1 is 1.52 bits per heavy atom. The minimum Gasteiger partial charge on any atom is -0.350 e. The van der Waals surface area contributed by atoms with E-state index in [1.165, 1.54) is 17.8 Å². The number of H-pyrrole nitrogens is 1. The molecule has 0 fully saturated rings. The van der Waals surface area contributed by atoms with E-state index in [0.29, 0.717) is 11.7 Å². The van der Waals surface area contributed by atoms with Gasteiger partial charge in [0.05, 0.1) is 12.3 Å². The van der Waals surface area contributed by atoms with Crippen molar-refractivity contribution >= 4 is 29.0 Å². The molecule has 2 aromatic heterocycles. The zero-order chi connectivity index (χ0) is 15.1. The third-order valence-corrected chi connectivity index (χ3v) is 4.41. The number of hydrogen-bond donors (Lipinski definition) is 2. The SMILES string of the molecule is CCCc1cc(=O)[nH]c(SCC(=O)NCc2cccs2)n1. The molecule has 5 nitrogen and oxygen atoms in total. The van der Waals surface area contributed by atoms with Crippen LogP contribution in [0.1, 0.15) is 23.9 Å². The van der Waals surface area contributed by atoms with Gasteiger partial charge in [0, 0.05) is 16.6 Å². The Hall–Kier alpha value is -1.60. The summed E-state index contributed by atoms with van der Waals surface area (Å²) in [6, 6.07) is 5.44. The molecular formula is C14H17N3O2S2. The first-order valence-corrected chi connectivity index (χ1v) is 8.56. The molecule has 0 atom stereocenters. The van der Waals surface area contributed by atoms with Crippen LogP contribution < -0.4 is 10.9 Å². The summed E-state index contributed by atoms with van der Waals surface area (Å²) < 4.78 is 0. The second kappa shape index (κ2) is 7.99. The predicted octanol–water partition coefficient (Wildman–Crippen LogP) is 2.19. The van der Waals surface area contributed by atoms with E-state index in [1.807, 2.05) is 24.4 Å².